The largest absolute Gasteiger partial charge is 0.308 e. The molecule has 160 valence electrons. The molecule has 1 unspecified atom stereocenters. The van der Waals surface area contributed by atoms with Crippen molar-refractivity contribution in [3.8, 4) is 0 Å². The molecule has 1 aromatic carbocycles. The van der Waals surface area contributed by atoms with Gasteiger partial charge in [-0.2, -0.15) is 4.31 Å². The van der Waals surface area contributed by atoms with Crippen molar-refractivity contribution < 1.29 is 8.42 Å². The Morgan fingerprint density at radius 2 is 2.00 bits per heavy atom. The van der Waals surface area contributed by atoms with Gasteiger partial charge < -0.3 is 4.98 Å². The molecule has 1 aliphatic heterocycles. The van der Waals surface area contributed by atoms with Crippen LogP contribution in [0.15, 0.2) is 56.8 Å². The van der Waals surface area contributed by atoms with Crippen LogP contribution in [0, 0.1) is 0 Å². The zero-order valence-electron chi connectivity index (χ0n) is 16.5. The number of aromatic nitrogens is 5. The van der Waals surface area contributed by atoms with Gasteiger partial charge >= 0.3 is 0 Å². The van der Waals surface area contributed by atoms with E-state index in [4.69, 9.17) is 0 Å². The molecule has 5 rings (SSSR count). The molecule has 0 bridgehead atoms. The van der Waals surface area contributed by atoms with Gasteiger partial charge in [-0.3, -0.25) is 4.79 Å². The standard InChI is InChI=1S/C20H20N6O3S2/c27-20-17-19(26(24-23-17)12-14-6-2-1-3-7-14)21-18(22-20)15-8-4-10-25(13-15)31(28,29)16-9-5-11-30-16/h1-3,5-7,9,11,15H,4,8,10,12-13H2,(H,21,22,27). The van der Waals surface area contributed by atoms with E-state index in [0.717, 1.165) is 12.0 Å². The summed E-state index contributed by atoms with van der Waals surface area (Å²) in [5.74, 6) is 0.265. The second-order valence-corrected chi connectivity index (χ2v) is 10.6. The number of hydrogen-bond acceptors (Lipinski definition) is 7. The van der Waals surface area contributed by atoms with Gasteiger partial charge in [0.15, 0.2) is 11.2 Å². The van der Waals surface area contributed by atoms with Crippen LogP contribution in [0.4, 0.5) is 0 Å². The Kier molecular flexibility index (Phi) is 5.16. The molecule has 3 aromatic heterocycles. The maximum Gasteiger partial charge on any atom is 0.281 e. The van der Waals surface area contributed by atoms with E-state index >= 15 is 0 Å². The molecule has 4 heterocycles. The molecule has 1 saturated heterocycles. The quantitative estimate of drug-likeness (QED) is 0.492. The number of nitrogens with zero attached hydrogens (tertiary/aromatic N) is 5. The predicted octanol–water partition coefficient (Wildman–Crippen LogP) is 2.19. The number of H-pyrrole nitrogens is 1. The molecule has 0 radical (unpaired) electrons. The van der Waals surface area contributed by atoms with Crippen molar-refractivity contribution in [3.63, 3.8) is 0 Å². The summed E-state index contributed by atoms with van der Waals surface area (Å²) in [6.45, 7) is 1.17. The van der Waals surface area contributed by atoms with E-state index in [-0.39, 0.29) is 23.5 Å². The van der Waals surface area contributed by atoms with E-state index in [2.05, 4.69) is 20.3 Å². The van der Waals surface area contributed by atoms with Gasteiger partial charge in [0.1, 0.15) is 10.0 Å². The van der Waals surface area contributed by atoms with E-state index < -0.39 is 10.0 Å². The second-order valence-electron chi connectivity index (χ2n) is 7.49. The lowest BCUT2D eigenvalue weighted by atomic mass is 9.99. The molecule has 4 aromatic rings. The van der Waals surface area contributed by atoms with Crippen LogP contribution >= 0.6 is 11.3 Å². The molecular weight excluding hydrogens is 436 g/mol. The lowest BCUT2D eigenvalue weighted by molar-refractivity contribution is 0.309. The molecule has 0 amide bonds. The first-order valence-electron chi connectivity index (χ1n) is 9.93. The van der Waals surface area contributed by atoms with E-state index in [9.17, 15) is 13.2 Å². The zero-order valence-corrected chi connectivity index (χ0v) is 18.1. The Bertz CT molecular complexity index is 1360. The maximum absolute atomic E-state index is 12.9. The van der Waals surface area contributed by atoms with Gasteiger partial charge in [0, 0.05) is 19.0 Å². The second kappa shape index (κ2) is 7.98. The van der Waals surface area contributed by atoms with Crippen molar-refractivity contribution in [2.45, 2.75) is 29.5 Å². The smallest absolute Gasteiger partial charge is 0.281 e. The van der Waals surface area contributed by atoms with Crippen molar-refractivity contribution in [3.05, 3.63) is 69.6 Å². The lowest BCUT2D eigenvalue weighted by Gasteiger charge is -2.30. The summed E-state index contributed by atoms with van der Waals surface area (Å²) in [7, 11) is -3.55. The van der Waals surface area contributed by atoms with E-state index in [1.54, 1.807) is 22.2 Å². The Morgan fingerprint density at radius 1 is 1.16 bits per heavy atom. The topological polar surface area (TPSA) is 114 Å². The van der Waals surface area contributed by atoms with E-state index in [0.29, 0.717) is 35.2 Å². The number of piperidine rings is 1. The molecule has 0 spiro atoms. The third-order valence-corrected chi connectivity index (χ3v) is 8.67. The van der Waals surface area contributed by atoms with Crippen molar-refractivity contribution in [1.29, 1.82) is 0 Å². The van der Waals surface area contributed by atoms with Crippen molar-refractivity contribution >= 4 is 32.5 Å². The van der Waals surface area contributed by atoms with Gasteiger partial charge in [0.05, 0.1) is 6.54 Å². The molecule has 1 aliphatic rings. The fourth-order valence-corrected chi connectivity index (χ4v) is 6.53. The number of aromatic amines is 1. The Hall–Kier alpha value is -2.89. The molecule has 0 aliphatic carbocycles. The third kappa shape index (κ3) is 3.80. The fraction of sp³-hybridized carbons (Fsp3) is 0.300. The summed E-state index contributed by atoms with van der Waals surface area (Å²) < 4.78 is 29.3. The molecule has 1 N–H and O–H groups in total. The average molecular weight is 457 g/mol. The number of hydrogen-bond donors (Lipinski definition) is 1. The molecule has 11 heteroatoms. The van der Waals surface area contributed by atoms with Gasteiger partial charge in [0.2, 0.25) is 0 Å². The highest BCUT2D eigenvalue weighted by atomic mass is 32.2. The van der Waals surface area contributed by atoms with Crippen LogP contribution in [-0.2, 0) is 16.6 Å². The first-order valence-corrected chi connectivity index (χ1v) is 12.3. The van der Waals surface area contributed by atoms with Gasteiger partial charge in [-0.05, 0) is 29.9 Å². The first kappa shape index (κ1) is 20.0. The highest BCUT2D eigenvalue weighted by Gasteiger charge is 2.33. The van der Waals surface area contributed by atoms with Crippen molar-refractivity contribution in [2.24, 2.45) is 0 Å². The summed E-state index contributed by atoms with van der Waals surface area (Å²) in [6, 6.07) is 13.1. The fourth-order valence-electron chi connectivity index (χ4n) is 3.86. The van der Waals surface area contributed by atoms with Crippen LogP contribution < -0.4 is 5.56 Å². The summed E-state index contributed by atoms with van der Waals surface area (Å²) in [5, 5.41) is 9.85. The van der Waals surface area contributed by atoms with Crippen LogP contribution in [-0.4, -0.2) is 50.8 Å². The number of nitrogens with one attached hydrogen (secondary N) is 1. The Morgan fingerprint density at radius 3 is 2.77 bits per heavy atom. The summed E-state index contributed by atoms with van der Waals surface area (Å²) >= 11 is 1.21. The molecule has 9 nitrogen and oxygen atoms in total. The molecule has 0 saturated carbocycles. The van der Waals surface area contributed by atoms with Crippen LogP contribution in [0.5, 0.6) is 0 Å². The zero-order chi connectivity index (χ0) is 21.4. The number of benzene rings is 1. The van der Waals surface area contributed by atoms with Crippen LogP contribution in [0.2, 0.25) is 0 Å². The Balaban J connectivity index is 1.47. The predicted molar refractivity (Wildman–Crippen MR) is 117 cm³/mol. The summed E-state index contributed by atoms with van der Waals surface area (Å²) in [4.78, 5) is 20.1. The molecule has 1 fully saturated rings. The van der Waals surface area contributed by atoms with E-state index in [1.165, 1.54) is 15.6 Å². The van der Waals surface area contributed by atoms with Crippen LogP contribution in [0.1, 0.15) is 30.1 Å². The minimum absolute atomic E-state index is 0.179. The summed E-state index contributed by atoms with van der Waals surface area (Å²) in [5.41, 5.74) is 1.24. The SMILES string of the molecule is O=c1[nH]c(C2CCCN(S(=O)(=O)c3cccs3)C2)nc2c1nnn2Cc1ccccc1. The van der Waals surface area contributed by atoms with Gasteiger partial charge in [-0.1, -0.05) is 41.6 Å². The minimum atomic E-state index is -3.55. The normalized spacial score (nSPS) is 17.9. The monoisotopic (exact) mass is 456 g/mol. The number of rotatable bonds is 5. The van der Waals surface area contributed by atoms with Crippen LogP contribution in [0.25, 0.3) is 11.2 Å². The first-order chi connectivity index (χ1) is 15.0. The maximum atomic E-state index is 12.9. The number of thiophene rings is 1. The number of fused-ring (bicyclic) bond motifs is 1. The average Bonchev–Trinajstić information content (AvgIpc) is 3.46. The highest BCUT2D eigenvalue weighted by molar-refractivity contribution is 7.91. The van der Waals surface area contributed by atoms with E-state index in [1.807, 2.05) is 30.3 Å². The van der Waals surface area contributed by atoms with Crippen molar-refractivity contribution in [1.82, 2.24) is 29.3 Å². The molecule has 1 atom stereocenters. The van der Waals surface area contributed by atoms with Gasteiger partial charge in [-0.25, -0.2) is 18.1 Å². The highest BCUT2D eigenvalue weighted by Crippen LogP contribution is 2.30. The summed E-state index contributed by atoms with van der Waals surface area (Å²) in [6.07, 6.45) is 1.43. The lowest BCUT2D eigenvalue weighted by Crippen LogP contribution is -2.39. The van der Waals surface area contributed by atoms with Crippen LogP contribution in [0.3, 0.4) is 0 Å². The van der Waals surface area contributed by atoms with Gasteiger partial charge in [-0.15, -0.1) is 16.4 Å². The minimum Gasteiger partial charge on any atom is -0.308 e. The van der Waals surface area contributed by atoms with Gasteiger partial charge in [0.25, 0.3) is 15.6 Å². The molecular formula is C20H20N6O3S2. The van der Waals surface area contributed by atoms with Crippen molar-refractivity contribution in [2.75, 3.05) is 13.1 Å². The Labute approximate surface area is 182 Å². The third-order valence-electron chi connectivity index (χ3n) is 5.43. The number of sulfonamides is 1. The molecule has 31 heavy (non-hydrogen) atoms.